The van der Waals surface area contributed by atoms with Crippen molar-refractivity contribution >= 4 is 22.5 Å². The van der Waals surface area contributed by atoms with Crippen molar-refractivity contribution in [2.45, 2.75) is 18.7 Å². The maximum Gasteiger partial charge on any atom is 0.0346 e. The number of aromatic nitrogens is 1. The number of fused-ring (bicyclic) bond motifs is 1. The van der Waals surface area contributed by atoms with E-state index in [-0.39, 0.29) is 0 Å². The second-order valence-corrected chi connectivity index (χ2v) is 5.51. The predicted octanol–water partition coefficient (Wildman–Crippen LogP) is 3.08. The van der Waals surface area contributed by atoms with Crippen LogP contribution >= 0.6 is 11.8 Å². The Bertz CT molecular complexity index is 484. The Morgan fingerprint density at radius 2 is 2.18 bits per heavy atom. The molecule has 0 radical (unpaired) electrons. The molecule has 90 valence electrons. The van der Waals surface area contributed by atoms with Gasteiger partial charge < -0.3 is 5.32 Å². The Kier molecular flexibility index (Phi) is 4.40. The average Bonchev–Trinajstić information content (AvgIpc) is 2.38. The standard InChI is InChI=1S/C14H18N2S/c1-11(17-2)8-16-9-12-3-4-14-10-15-6-5-13(14)7-12/h3-7,10-11,16H,8-9H2,1-2H3. The van der Waals surface area contributed by atoms with Gasteiger partial charge in [-0.2, -0.15) is 11.8 Å². The van der Waals surface area contributed by atoms with E-state index in [1.54, 1.807) is 0 Å². The molecule has 1 unspecified atom stereocenters. The molecule has 1 aromatic heterocycles. The van der Waals surface area contributed by atoms with E-state index in [4.69, 9.17) is 0 Å². The van der Waals surface area contributed by atoms with Gasteiger partial charge in [0, 0.05) is 36.1 Å². The van der Waals surface area contributed by atoms with E-state index in [0.29, 0.717) is 5.25 Å². The first-order valence-corrected chi connectivity index (χ1v) is 7.14. The lowest BCUT2D eigenvalue weighted by atomic mass is 10.1. The number of nitrogens with one attached hydrogen (secondary N) is 1. The van der Waals surface area contributed by atoms with Crippen LogP contribution in [0.2, 0.25) is 0 Å². The molecule has 1 N–H and O–H groups in total. The summed E-state index contributed by atoms with van der Waals surface area (Å²) in [5.41, 5.74) is 1.33. The van der Waals surface area contributed by atoms with Gasteiger partial charge in [0.25, 0.3) is 0 Å². The molecular weight excluding hydrogens is 228 g/mol. The average molecular weight is 246 g/mol. The second kappa shape index (κ2) is 6.03. The van der Waals surface area contributed by atoms with Crippen LogP contribution in [0.25, 0.3) is 10.8 Å². The summed E-state index contributed by atoms with van der Waals surface area (Å²) >= 11 is 1.89. The van der Waals surface area contributed by atoms with Crippen LogP contribution in [0.1, 0.15) is 12.5 Å². The Balaban J connectivity index is 1.99. The summed E-state index contributed by atoms with van der Waals surface area (Å²) in [4.78, 5) is 4.12. The van der Waals surface area contributed by atoms with E-state index in [9.17, 15) is 0 Å². The van der Waals surface area contributed by atoms with Gasteiger partial charge in [-0.1, -0.05) is 19.1 Å². The van der Waals surface area contributed by atoms with E-state index >= 15 is 0 Å². The Morgan fingerprint density at radius 1 is 1.29 bits per heavy atom. The highest BCUT2D eigenvalue weighted by atomic mass is 32.2. The smallest absolute Gasteiger partial charge is 0.0346 e. The van der Waals surface area contributed by atoms with Crippen LogP contribution < -0.4 is 5.32 Å². The summed E-state index contributed by atoms with van der Waals surface area (Å²) in [6.07, 6.45) is 5.90. The minimum Gasteiger partial charge on any atom is -0.312 e. The molecule has 1 atom stereocenters. The van der Waals surface area contributed by atoms with Crippen LogP contribution in [0.3, 0.4) is 0 Å². The minimum atomic E-state index is 0.666. The molecule has 0 aliphatic heterocycles. The van der Waals surface area contributed by atoms with Crippen molar-refractivity contribution in [2.75, 3.05) is 12.8 Å². The molecule has 1 heterocycles. The van der Waals surface area contributed by atoms with E-state index in [1.807, 2.05) is 24.2 Å². The molecule has 0 bridgehead atoms. The topological polar surface area (TPSA) is 24.9 Å². The number of hydrogen-bond donors (Lipinski definition) is 1. The van der Waals surface area contributed by atoms with Crippen molar-refractivity contribution < 1.29 is 0 Å². The lowest BCUT2D eigenvalue weighted by Crippen LogP contribution is -2.21. The molecule has 1 aromatic carbocycles. The third-order valence-electron chi connectivity index (χ3n) is 2.87. The van der Waals surface area contributed by atoms with Gasteiger partial charge in [0.1, 0.15) is 0 Å². The highest BCUT2D eigenvalue weighted by Crippen LogP contribution is 2.14. The van der Waals surface area contributed by atoms with Crippen LogP contribution in [-0.4, -0.2) is 23.0 Å². The molecule has 17 heavy (non-hydrogen) atoms. The molecule has 2 nitrogen and oxygen atoms in total. The van der Waals surface area contributed by atoms with E-state index in [2.05, 4.69) is 47.7 Å². The number of benzene rings is 1. The summed E-state index contributed by atoms with van der Waals surface area (Å²) in [7, 11) is 0. The molecule has 0 aliphatic carbocycles. The van der Waals surface area contributed by atoms with Crippen molar-refractivity contribution in [3.8, 4) is 0 Å². The van der Waals surface area contributed by atoms with Crippen molar-refractivity contribution in [3.05, 3.63) is 42.2 Å². The van der Waals surface area contributed by atoms with Gasteiger partial charge in [-0.25, -0.2) is 0 Å². The van der Waals surface area contributed by atoms with Crippen LogP contribution in [-0.2, 0) is 6.54 Å². The van der Waals surface area contributed by atoms with Crippen molar-refractivity contribution in [1.29, 1.82) is 0 Å². The Labute approximate surface area is 107 Å². The fraction of sp³-hybridized carbons (Fsp3) is 0.357. The highest BCUT2D eigenvalue weighted by Gasteiger charge is 1.99. The third kappa shape index (κ3) is 3.45. The summed E-state index contributed by atoms with van der Waals surface area (Å²) in [5.74, 6) is 0. The first kappa shape index (κ1) is 12.4. The fourth-order valence-corrected chi connectivity index (χ4v) is 2.03. The van der Waals surface area contributed by atoms with Gasteiger partial charge in [0.2, 0.25) is 0 Å². The number of thioether (sulfide) groups is 1. The zero-order valence-electron chi connectivity index (χ0n) is 10.3. The van der Waals surface area contributed by atoms with Gasteiger partial charge >= 0.3 is 0 Å². The largest absolute Gasteiger partial charge is 0.312 e. The zero-order valence-corrected chi connectivity index (χ0v) is 11.1. The number of rotatable bonds is 5. The molecule has 3 heteroatoms. The second-order valence-electron chi connectivity index (χ2n) is 4.23. The van der Waals surface area contributed by atoms with Gasteiger partial charge in [-0.3, -0.25) is 4.98 Å². The molecule has 0 amide bonds. The monoisotopic (exact) mass is 246 g/mol. The highest BCUT2D eigenvalue weighted by molar-refractivity contribution is 7.99. The van der Waals surface area contributed by atoms with Crippen LogP contribution in [0.4, 0.5) is 0 Å². The van der Waals surface area contributed by atoms with Crippen molar-refractivity contribution in [1.82, 2.24) is 10.3 Å². The summed E-state index contributed by atoms with van der Waals surface area (Å²) in [6.45, 7) is 4.22. The number of hydrogen-bond acceptors (Lipinski definition) is 3. The quantitative estimate of drug-likeness (QED) is 0.877. The maximum absolute atomic E-state index is 4.12. The molecule has 0 fully saturated rings. The maximum atomic E-state index is 4.12. The molecular formula is C14H18N2S. The first-order valence-electron chi connectivity index (χ1n) is 5.86. The normalized spacial score (nSPS) is 12.8. The van der Waals surface area contributed by atoms with E-state index in [0.717, 1.165) is 13.1 Å². The van der Waals surface area contributed by atoms with Crippen LogP contribution in [0.5, 0.6) is 0 Å². The zero-order chi connectivity index (χ0) is 12.1. The van der Waals surface area contributed by atoms with Gasteiger partial charge in [0.05, 0.1) is 0 Å². The van der Waals surface area contributed by atoms with E-state index < -0.39 is 0 Å². The lowest BCUT2D eigenvalue weighted by Gasteiger charge is -2.10. The lowest BCUT2D eigenvalue weighted by molar-refractivity contribution is 0.685. The van der Waals surface area contributed by atoms with Crippen LogP contribution in [0.15, 0.2) is 36.7 Å². The van der Waals surface area contributed by atoms with E-state index in [1.165, 1.54) is 16.3 Å². The Hall–Kier alpha value is -1.06. The Morgan fingerprint density at radius 3 is 3.00 bits per heavy atom. The minimum absolute atomic E-state index is 0.666. The predicted molar refractivity (Wildman–Crippen MR) is 76.4 cm³/mol. The van der Waals surface area contributed by atoms with Gasteiger partial charge in [0.15, 0.2) is 0 Å². The van der Waals surface area contributed by atoms with Gasteiger partial charge in [-0.05, 0) is 29.3 Å². The van der Waals surface area contributed by atoms with Gasteiger partial charge in [-0.15, -0.1) is 0 Å². The molecule has 0 spiro atoms. The summed E-state index contributed by atoms with van der Waals surface area (Å²) in [6, 6.07) is 8.59. The summed E-state index contributed by atoms with van der Waals surface area (Å²) < 4.78 is 0. The first-order chi connectivity index (χ1) is 8.29. The molecule has 0 aliphatic rings. The molecule has 0 saturated heterocycles. The molecule has 2 rings (SSSR count). The van der Waals surface area contributed by atoms with Crippen LogP contribution in [0, 0.1) is 0 Å². The van der Waals surface area contributed by atoms with Crippen molar-refractivity contribution in [3.63, 3.8) is 0 Å². The summed E-state index contributed by atoms with van der Waals surface area (Å²) in [5, 5.41) is 6.61. The fourth-order valence-electron chi connectivity index (χ4n) is 1.75. The third-order valence-corrected chi connectivity index (χ3v) is 3.84. The number of pyridine rings is 1. The number of nitrogens with zero attached hydrogens (tertiary/aromatic N) is 1. The van der Waals surface area contributed by atoms with Crippen molar-refractivity contribution in [2.24, 2.45) is 0 Å². The molecule has 0 saturated carbocycles. The SMILES string of the molecule is CSC(C)CNCc1ccc2cnccc2c1. The molecule has 2 aromatic rings.